The molecule has 2 aliphatic rings. The van der Waals surface area contributed by atoms with Gasteiger partial charge in [-0.05, 0) is 25.7 Å². The van der Waals surface area contributed by atoms with Gasteiger partial charge in [0.2, 0.25) is 0 Å². The van der Waals surface area contributed by atoms with E-state index >= 15 is 0 Å². The first-order valence-corrected chi connectivity index (χ1v) is 4.97. The van der Waals surface area contributed by atoms with Crippen molar-refractivity contribution >= 4 is 5.78 Å². The van der Waals surface area contributed by atoms with Crippen LogP contribution in [0.15, 0.2) is 0 Å². The quantitative estimate of drug-likeness (QED) is 0.641. The molecule has 2 nitrogen and oxygen atoms in total. The highest BCUT2D eigenvalue weighted by atomic mass is 16.1. The van der Waals surface area contributed by atoms with Crippen molar-refractivity contribution in [3.63, 3.8) is 0 Å². The molecule has 0 bridgehead atoms. The monoisotopic (exact) mass is 167 g/mol. The Morgan fingerprint density at radius 1 is 1.42 bits per heavy atom. The van der Waals surface area contributed by atoms with Crippen molar-refractivity contribution in [2.45, 2.75) is 44.6 Å². The van der Waals surface area contributed by atoms with Crippen LogP contribution in [0.5, 0.6) is 0 Å². The minimum absolute atomic E-state index is 0.146. The van der Waals surface area contributed by atoms with Gasteiger partial charge in [0.05, 0.1) is 6.54 Å². The lowest BCUT2D eigenvalue weighted by Gasteiger charge is -2.30. The lowest BCUT2D eigenvalue weighted by Crippen LogP contribution is -2.42. The standard InChI is InChI=1S/C10H17NO/c1-10(6-9(12)7-11-10)8-4-2-3-5-8/h8,11H,2-7H2,1H3. The van der Waals surface area contributed by atoms with Gasteiger partial charge in [-0.1, -0.05) is 12.8 Å². The van der Waals surface area contributed by atoms with Crippen LogP contribution >= 0.6 is 0 Å². The van der Waals surface area contributed by atoms with E-state index in [0.29, 0.717) is 12.3 Å². The number of carbonyl (C=O) groups excluding carboxylic acids is 1. The second-order valence-electron chi connectivity index (χ2n) is 4.47. The number of hydrogen-bond donors (Lipinski definition) is 1. The van der Waals surface area contributed by atoms with E-state index in [-0.39, 0.29) is 5.54 Å². The molecule has 2 heteroatoms. The molecule has 0 aromatic rings. The topological polar surface area (TPSA) is 29.1 Å². The summed E-state index contributed by atoms with van der Waals surface area (Å²) in [6.07, 6.45) is 6.11. The van der Waals surface area contributed by atoms with Crippen molar-refractivity contribution in [2.24, 2.45) is 5.92 Å². The van der Waals surface area contributed by atoms with Crippen molar-refractivity contribution in [1.82, 2.24) is 5.32 Å². The van der Waals surface area contributed by atoms with Crippen LogP contribution in [0.3, 0.4) is 0 Å². The number of rotatable bonds is 1. The third kappa shape index (κ3) is 1.28. The van der Waals surface area contributed by atoms with Crippen molar-refractivity contribution in [2.75, 3.05) is 6.54 Å². The minimum atomic E-state index is 0.146. The van der Waals surface area contributed by atoms with E-state index in [9.17, 15) is 4.79 Å². The average Bonchev–Trinajstić information content (AvgIpc) is 2.59. The van der Waals surface area contributed by atoms with Crippen LogP contribution in [0.1, 0.15) is 39.0 Å². The zero-order chi connectivity index (χ0) is 8.60. The largest absolute Gasteiger partial charge is 0.304 e. The van der Waals surface area contributed by atoms with Crippen LogP contribution in [0.25, 0.3) is 0 Å². The van der Waals surface area contributed by atoms with E-state index in [0.717, 1.165) is 12.3 Å². The molecule has 2 fully saturated rings. The van der Waals surface area contributed by atoms with Crippen LogP contribution in [0.2, 0.25) is 0 Å². The van der Waals surface area contributed by atoms with Crippen molar-refractivity contribution in [1.29, 1.82) is 0 Å². The Bertz CT molecular complexity index is 196. The van der Waals surface area contributed by atoms with E-state index in [1.54, 1.807) is 0 Å². The van der Waals surface area contributed by atoms with Crippen LogP contribution in [0.4, 0.5) is 0 Å². The van der Waals surface area contributed by atoms with Gasteiger partial charge < -0.3 is 5.32 Å². The molecule has 68 valence electrons. The van der Waals surface area contributed by atoms with E-state index in [1.807, 2.05) is 0 Å². The summed E-state index contributed by atoms with van der Waals surface area (Å²) in [6.45, 7) is 2.82. The Balaban J connectivity index is 2.05. The molecule has 1 N–H and O–H groups in total. The third-order valence-corrected chi connectivity index (χ3v) is 3.51. The molecule has 1 atom stereocenters. The predicted octanol–water partition coefficient (Wildman–Crippen LogP) is 1.50. The molecule has 0 radical (unpaired) electrons. The Kier molecular flexibility index (Phi) is 1.95. The highest BCUT2D eigenvalue weighted by molar-refractivity contribution is 5.84. The van der Waals surface area contributed by atoms with Crippen LogP contribution in [0, 0.1) is 5.92 Å². The summed E-state index contributed by atoms with van der Waals surface area (Å²) in [5.74, 6) is 1.15. The summed E-state index contributed by atoms with van der Waals surface area (Å²) in [4.78, 5) is 11.2. The zero-order valence-electron chi connectivity index (χ0n) is 7.73. The molecule has 0 spiro atoms. The van der Waals surface area contributed by atoms with Gasteiger partial charge >= 0.3 is 0 Å². The summed E-state index contributed by atoms with van der Waals surface area (Å²) in [6, 6.07) is 0. The molecule has 12 heavy (non-hydrogen) atoms. The minimum Gasteiger partial charge on any atom is -0.304 e. The maximum atomic E-state index is 11.2. The smallest absolute Gasteiger partial charge is 0.148 e. The Hall–Kier alpha value is -0.370. The van der Waals surface area contributed by atoms with E-state index in [2.05, 4.69) is 12.2 Å². The van der Waals surface area contributed by atoms with Crippen molar-refractivity contribution < 1.29 is 4.79 Å². The van der Waals surface area contributed by atoms with Crippen LogP contribution in [-0.2, 0) is 4.79 Å². The number of ketones is 1. The number of carbonyl (C=O) groups is 1. The first kappa shape index (κ1) is 8.24. The fourth-order valence-corrected chi connectivity index (χ4v) is 2.69. The SMILES string of the molecule is CC1(C2CCCC2)CC(=O)CN1. The maximum absolute atomic E-state index is 11.2. The van der Waals surface area contributed by atoms with Crippen LogP contribution in [-0.4, -0.2) is 17.9 Å². The highest BCUT2D eigenvalue weighted by Gasteiger charge is 2.41. The Morgan fingerprint density at radius 2 is 2.08 bits per heavy atom. The van der Waals surface area contributed by atoms with E-state index in [1.165, 1.54) is 25.7 Å². The van der Waals surface area contributed by atoms with Gasteiger partial charge in [-0.2, -0.15) is 0 Å². The molecule has 0 amide bonds. The fraction of sp³-hybridized carbons (Fsp3) is 0.900. The highest BCUT2D eigenvalue weighted by Crippen LogP contribution is 2.37. The van der Waals surface area contributed by atoms with Gasteiger partial charge in [-0.15, -0.1) is 0 Å². The number of nitrogens with one attached hydrogen (secondary N) is 1. The van der Waals surface area contributed by atoms with E-state index in [4.69, 9.17) is 0 Å². The predicted molar refractivity (Wildman–Crippen MR) is 48.0 cm³/mol. The molecule has 2 rings (SSSR count). The second-order valence-corrected chi connectivity index (χ2v) is 4.47. The molecular weight excluding hydrogens is 150 g/mol. The molecular formula is C10H17NO. The first-order valence-electron chi connectivity index (χ1n) is 4.97. The Labute approximate surface area is 73.7 Å². The molecule has 1 aliphatic heterocycles. The Morgan fingerprint density at radius 3 is 2.58 bits per heavy atom. The van der Waals surface area contributed by atoms with Gasteiger partial charge in [0.25, 0.3) is 0 Å². The van der Waals surface area contributed by atoms with Gasteiger partial charge in [-0.3, -0.25) is 4.79 Å². The summed E-state index contributed by atoms with van der Waals surface area (Å²) in [5, 5.41) is 3.38. The first-order chi connectivity index (χ1) is 5.71. The normalized spacial score (nSPS) is 37.9. The number of hydrogen-bond acceptors (Lipinski definition) is 2. The van der Waals surface area contributed by atoms with E-state index < -0.39 is 0 Å². The van der Waals surface area contributed by atoms with Gasteiger partial charge in [0.1, 0.15) is 5.78 Å². The van der Waals surface area contributed by atoms with Gasteiger partial charge in [0, 0.05) is 12.0 Å². The molecule has 1 heterocycles. The summed E-state index contributed by atoms with van der Waals surface area (Å²) in [5.41, 5.74) is 0.146. The summed E-state index contributed by atoms with van der Waals surface area (Å²) < 4.78 is 0. The lowest BCUT2D eigenvalue weighted by molar-refractivity contribution is -0.116. The van der Waals surface area contributed by atoms with Crippen LogP contribution < -0.4 is 5.32 Å². The third-order valence-electron chi connectivity index (χ3n) is 3.51. The van der Waals surface area contributed by atoms with Gasteiger partial charge in [0.15, 0.2) is 0 Å². The molecule has 0 aromatic heterocycles. The van der Waals surface area contributed by atoms with Crippen molar-refractivity contribution in [3.05, 3.63) is 0 Å². The molecule has 1 aliphatic carbocycles. The molecule has 1 unspecified atom stereocenters. The zero-order valence-corrected chi connectivity index (χ0v) is 7.73. The lowest BCUT2D eigenvalue weighted by atomic mass is 9.83. The second kappa shape index (κ2) is 2.84. The molecule has 1 saturated carbocycles. The summed E-state index contributed by atoms with van der Waals surface area (Å²) in [7, 11) is 0. The summed E-state index contributed by atoms with van der Waals surface area (Å²) >= 11 is 0. The molecule has 1 saturated heterocycles. The number of Topliss-reactive ketones (excluding diaryl/α,β-unsaturated/α-hetero) is 1. The van der Waals surface area contributed by atoms with Gasteiger partial charge in [-0.25, -0.2) is 0 Å². The van der Waals surface area contributed by atoms with Crippen molar-refractivity contribution in [3.8, 4) is 0 Å². The average molecular weight is 167 g/mol. The maximum Gasteiger partial charge on any atom is 0.148 e. The fourth-order valence-electron chi connectivity index (χ4n) is 2.69. The molecule has 0 aromatic carbocycles.